The zero-order chi connectivity index (χ0) is 61.3. The van der Waals surface area contributed by atoms with Gasteiger partial charge >= 0.3 is 0 Å². The van der Waals surface area contributed by atoms with E-state index in [0.717, 1.165) is 106 Å². The summed E-state index contributed by atoms with van der Waals surface area (Å²) in [5, 5.41) is 6.89. The molecule has 15 aromatic rings. The molecule has 0 spiro atoms. The van der Waals surface area contributed by atoms with Crippen molar-refractivity contribution in [3.63, 3.8) is 0 Å². The second-order valence-electron chi connectivity index (χ2n) is 24.8. The van der Waals surface area contributed by atoms with E-state index in [4.69, 9.17) is 29.7 Å². The van der Waals surface area contributed by atoms with E-state index in [1.54, 1.807) is 0 Å². The molecule has 0 N–H and O–H groups in total. The van der Waals surface area contributed by atoms with E-state index in [9.17, 15) is 0 Å². The monoisotopic (exact) mass is 1220 g/mol. The van der Waals surface area contributed by atoms with E-state index in [1.807, 2.05) is 0 Å². The van der Waals surface area contributed by atoms with Crippen molar-refractivity contribution < 1.29 is 4.74 Å². The molecule has 4 aromatic heterocycles. The number of ether oxygens (including phenoxy) is 1. The number of benzene rings is 11. The summed E-state index contributed by atoms with van der Waals surface area (Å²) in [4.78, 5) is 28.1. The minimum absolute atomic E-state index is 0.692. The molecular formula is C80H63N7OSi3. The van der Waals surface area contributed by atoms with Crippen molar-refractivity contribution in [1.82, 2.24) is 33.9 Å². The van der Waals surface area contributed by atoms with Crippen LogP contribution in [-0.4, -0.2) is 58.1 Å². The van der Waals surface area contributed by atoms with E-state index in [-0.39, 0.29) is 0 Å². The van der Waals surface area contributed by atoms with Crippen molar-refractivity contribution in [1.29, 1.82) is 0 Å². The van der Waals surface area contributed by atoms with E-state index in [1.165, 1.54) is 15.6 Å². The van der Waals surface area contributed by atoms with E-state index < -0.39 is 28.9 Å². The molecule has 16 rings (SSSR count). The Labute approximate surface area is 532 Å². The number of aromatic nitrogens is 7. The third kappa shape index (κ3) is 8.78. The minimum atomic E-state index is -3.55. The molecule has 11 aromatic carbocycles. The van der Waals surface area contributed by atoms with Gasteiger partial charge in [-0.2, -0.15) is 0 Å². The summed E-state index contributed by atoms with van der Waals surface area (Å²) in [5.41, 5.74) is 13.2. The average Bonchev–Trinajstić information content (AvgIpc) is 1.62. The highest BCUT2D eigenvalue weighted by atomic mass is 28.4. The molecule has 436 valence electrons. The lowest BCUT2D eigenvalue weighted by atomic mass is 9.98. The lowest BCUT2D eigenvalue weighted by Gasteiger charge is -2.57. The molecule has 1 aliphatic rings. The summed E-state index contributed by atoms with van der Waals surface area (Å²) in [5.74, 6) is 3.95. The average molecular weight is 1220 g/mol. The molecule has 0 radical (unpaired) electrons. The van der Waals surface area contributed by atoms with Crippen molar-refractivity contribution in [2.45, 2.75) is 30.8 Å². The normalized spacial score (nSPS) is 13.0. The van der Waals surface area contributed by atoms with Crippen LogP contribution in [-0.2, 0) is 4.66 Å². The summed E-state index contributed by atoms with van der Waals surface area (Å²) in [6, 6.07) is 112. The summed E-state index contributed by atoms with van der Waals surface area (Å²) in [6.45, 7) is 10.3. The summed E-state index contributed by atoms with van der Waals surface area (Å²) in [6.07, 6.45) is 0. The first kappa shape index (κ1) is 55.6. The minimum Gasteiger partial charge on any atom is -0.457 e. The predicted octanol–water partition coefficient (Wildman–Crippen LogP) is 14.8. The smallest absolute Gasteiger partial charge is 0.220 e. The molecule has 0 unspecified atom stereocenters. The van der Waals surface area contributed by atoms with Crippen LogP contribution in [0.2, 0.25) is 26.2 Å². The SMILES string of the molecule is C[Si](C)(c1cc(-c2ccccc2)nc(-c2ccccc2)n1)C1([Si](C)(C)c2cc(-c3ccccc3)nc(-c3ccccc3)n2)c2ccccc2Oc2c1cccc2[Si](c1ccccc1)(c1ccccc1)c1cccc(-n2c3ccccc3n3c4ccccc4nc23)c1. The highest BCUT2D eigenvalue weighted by molar-refractivity contribution is 7.20. The van der Waals surface area contributed by atoms with E-state index in [0.29, 0.717) is 11.6 Å². The molecule has 0 saturated carbocycles. The van der Waals surface area contributed by atoms with Crippen molar-refractivity contribution in [3.05, 3.63) is 321 Å². The molecule has 11 heteroatoms. The van der Waals surface area contributed by atoms with Gasteiger partial charge in [-0.1, -0.05) is 281 Å². The summed E-state index contributed by atoms with van der Waals surface area (Å²) < 4.78 is 11.9. The number of nitrogens with zero attached hydrogens (tertiary/aromatic N) is 7. The van der Waals surface area contributed by atoms with Crippen LogP contribution in [0.3, 0.4) is 0 Å². The van der Waals surface area contributed by atoms with Gasteiger partial charge in [0.15, 0.2) is 19.7 Å². The van der Waals surface area contributed by atoms with Gasteiger partial charge in [-0.25, -0.2) is 24.9 Å². The van der Waals surface area contributed by atoms with Gasteiger partial charge < -0.3 is 4.74 Å². The number of imidazole rings is 2. The van der Waals surface area contributed by atoms with Gasteiger partial charge in [0, 0.05) is 54.4 Å². The Morgan fingerprint density at radius 2 is 0.791 bits per heavy atom. The Kier molecular flexibility index (Phi) is 13.5. The first-order chi connectivity index (χ1) is 44.6. The number of hydrogen-bond acceptors (Lipinski definition) is 6. The van der Waals surface area contributed by atoms with Crippen molar-refractivity contribution in [2.75, 3.05) is 0 Å². The predicted molar refractivity (Wildman–Crippen MR) is 380 cm³/mol. The fourth-order valence-corrected chi connectivity index (χ4v) is 33.1. The van der Waals surface area contributed by atoms with Crippen molar-refractivity contribution in [3.8, 4) is 62.5 Å². The standard InChI is InChI=1S/C80H63N7OSi3/c1-89(2,74-54-67(56-31-11-5-12-32-56)81-77(84-74)58-35-15-7-16-36-58)80(90(3,4)75-55-68(57-33-13-6-14-34-57)82-78(85-75)59-37-17-8-18-38-59)64-45-23-28-51-72(64)88-76-65(80)46-30-52-73(76)91(61-40-19-9-20-41-61,62-42-21-10-22-43-62)63-44-29-39-60(53-63)86-70-49-26-27-50-71(70)87-69-48-25-24-47-66(69)83-79(86)87/h5-55H,1-4H3. The van der Waals surface area contributed by atoms with Crippen LogP contribution in [0.4, 0.5) is 0 Å². The van der Waals surface area contributed by atoms with Crippen molar-refractivity contribution >= 4 is 83.4 Å². The molecule has 0 fully saturated rings. The van der Waals surface area contributed by atoms with Gasteiger partial charge in [0.25, 0.3) is 0 Å². The zero-order valence-corrected chi connectivity index (χ0v) is 54.0. The fraction of sp³-hybridized carbons (Fsp3) is 0.0625. The van der Waals surface area contributed by atoms with Crippen LogP contribution in [0, 0.1) is 0 Å². The Bertz CT molecular complexity index is 4920. The molecular weight excluding hydrogens is 1160 g/mol. The van der Waals surface area contributed by atoms with Crippen LogP contribution >= 0.6 is 0 Å². The highest BCUT2D eigenvalue weighted by Crippen LogP contribution is 2.57. The van der Waals surface area contributed by atoms with Gasteiger partial charge in [0.1, 0.15) is 27.6 Å². The van der Waals surface area contributed by atoms with E-state index in [2.05, 4.69) is 345 Å². The van der Waals surface area contributed by atoms with Gasteiger partial charge in [-0.3, -0.25) is 8.97 Å². The topological polar surface area (TPSA) is 83.0 Å². The third-order valence-corrected chi connectivity index (χ3v) is 35.6. The van der Waals surface area contributed by atoms with Crippen LogP contribution in [0.15, 0.2) is 309 Å². The first-order valence-corrected chi connectivity index (χ1v) is 39.2. The number of rotatable bonds is 13. The van der Waals surface area contributed by atoms with Crippen LogP contribution in [0.1, 0.15) is 11.1 Å². The maximum atomic E-state index is 8.02. The number of para-hydroxylation sites is 6. The molecule has 1 aliphatic heterocycles. The maximum Gasteiger partial charge on any atom is 0.220 e. The number of hydrogen-bond donors (Lipinski definition) is 0. The molecule has 0 amide bonds. The highest BCUT2D eigenvalue weighted by Gasteiger charge is 2.66. The quantitative estimate of drug-likeness (QED) is 0.0845. The fourth-order valence-electron chi connectivity index (χ4n) is 15.2. The maximum absolute atomic E-state index is 8.02. The first-order valence-electron chi connectivity index (χ1n) is 31.2. The second kappa shape index (κ2) is 22.1. The van der Waals surface area contributed by atoms with Gasteiger partial charge in [0.05, 0.1) is 33.5 Å². The third-order valence-electron chi connectivity index (χ3n) is 19.2. The van der Waals surface area contributed by atoms with Crippen LogP contribution < -0.4 is 36.1 Å². The van der Waals surface area contributed by atoms with Crippen molar-refractivity contribution in [2.24, 2.45) is 0 Å². The Hall–Kier alpha value is -10.7. The van der Waals surface area contributed by atoms with Crippen LogP contribution in [0.5, 0.6) is 11.5 Å². The molecule has 0 aliphatic carbocycles. The molecule has 5 heterocycles. The Morgan fingerprint density at radius 3 is 1.35 bits per heavy atom. The lowest BCUT2D eigenvalue weighted by Crippen LogP contribution is -2.78. The summed E-state index contributed by atoms with van der Waals surface area (Å²) in [7, 11) is -10.2. The van der Waals surface area contributed by atoms with E-state index >= 15 is 0 Å². The Morgan fingerprint density at radius 1 is 0.352 bits per heavy atom. The number of fused-ring (bicyclic) bond motifs is 7. The second-order valence-corrected chi connectivity index (χ2v) is 38.1. The summed E-state index contributed by atoms with van der Waals surface area (Å²) >= 11 is 0. The molecule has 0 atom stereocenters. The van der Waals surface area contributed by atoms with Gasteiger partial charge in [-0.15, -0.1) is 0 Å². The van der Waals surface area contributed by atoms with Crippen LogP contribution in [0.25, 0.3) is 78.8 Å². The molecule has 0 saturated heterocycles. The van der Waals surface area contributed by atoms with Gasteiger partial charge in [0.2, 0.25) is 5.78 Å². The van der Waals surface area contributed by atoms with Gasteiger partial charge in [-0.05, 0) is 75.3 Å². The lowest BCUT2D eigenvalue weighted by molar-refractivity contribution is 0.453. The molecule has 0 bridgehead atoms. The Balaban J connectivity index is 1.04. The zero-order valence-electron chi connectivity index (χ0n) is 51.0. The largest absolute Gasteiger partial charge is 0.457 e. The molecule has 8 nitrogen and oxygen atoms in total. The molecule has 91 heavy (non-hydrogen) atoms.